The number of para-hydroxylation sites is 2. The highest BCUT2D eigenvalue weighted by molar-refractivity contribution is 6.30. The van der Waals surface area contributed by atoms with Crippen LogP contribution in [0.2, 0.25) is 5.02 Å². The summed E-state index contributed by atoms with van der Waals surface area (Å²) in [7, 11) is 0. The summed E-state index contributed by atoms with van der Waals surface area (Å²) < 4.78 is 42.7. The number of fused-ring (bicyclic) bond motifs is 3. The third-order valence-electron chi connectivity index (χ3n) is 5.88. The number of aromatic nitrogens is 1. The largest absolute Gasteiger partial charge is 0.418 e. The van der Waals surface area contributed by atoms with Crippen molar-refractivity contribution in [2.75, 3.05) is 5.32 Å². The van der Waals surface area contributed by atoms with Crippen molar-refractivity contribution < 1.29 is 18.0 Å². The standard InChI is InChI=1S/C26H19ClF3N3O/c27-19-13-11-17(12-14-19)24-23-10-5-15-32(23)22-9-4-1-6-18(22)16-33(24)25(34)31-21-8-3-2-7-20(21)26(28,29)30/h1-15,24H,16H2,(H,31,34)/t24-/m1/s1. The maximum atomic E-state index is 13.6. The van der Waals surface area contributed by atoms with E-state index in [9.17, 15) is 18.0 Å². The second-order valence-corrected chi connectivity index (χ2v) is 8.42. The van der Waals surface area contributed by atoms with Crippen LogP contribution in [0.3, 0.4) is 0 Å². The number of benzene rings is 3. The van der Waals surface area contributed by atoms with Gasteiger partial charge in [-0.2, -0.15) is 13.2 Å². The molecular formula is C26H19ClF3N3O. The Hall–Kier alpha value is -3.71. The van der Waals surface area contributed by atoms with Crippen molar-refractivity contribution in [2.24, 2.45) is 0 Å². The molecule has 0 unspecified atom stereocenters. The first-order chi connectivity index (χ1) is 16.3. The van der Waals surface area contributed by atoms with Gasteiger partial charge in [0.15, 0.2) is 0 Å². The highest BCUT2D eigenvalue weighted by Crippen LogP contribution is 2.39. The molecule has 1 aliphatic rings. The van der Waals surface area contributed by atoms with Crippen LogP contribution in [0, 0.1) is 0 Å². The van der Waals surface area contributed by atoms with E-state index >= 15 is 0 Å². The van der Waals surface area contributed by atoms with Crippen LogP contribution in [0.25, 0.3) is 5.69 Å². The quantitative estimate of drug-likeness (QED) is 0.321. The number of nitrogens with zero attached hydrogens (tertiary/aromatic N) is 2. The molecule has 1 atom stereocenters. The first-order valence-corrected chi connectivity index (χ1v) is 11.0. The van der Waals surface area contributed by atoms with E-state index < -0.39 is 23.8 Å². The first-order valence-electron chi connectivity index (χ1n) is 10.6. The van der Waals surface area contributed by atoms with E-state index in [1.807, 2.05) is 59.3 Å². The Bertz CT molecular complexity index is 1350. The van der Waals surface area contributed by atoms with Gasteiger partial charge in [0.1, 0.15) is 0 Å². The molecule has 1 N–H and O–H groups in total. The lowest BCUT2D eigenvalue weighted by molar-refractivity contribution is -0.136. The van der Waals surface area contributed by atoms with Gasteiger partial charge in [-0.25, -0.2) is 4.79 Å². The molecule has 0 aliphatic carbocycles. The molecular weight excluding hydrogens is 463 g/mol. The first kappa shape index (κ1) is 22.1. The van der Waals surface area contributed by atoms with Crippen LogP contribution in [0.4, 0.5) is 23.7 Å². The molecule has 3 aromatic carbocycles. The van der Waals surface area contributed by atoms with Crippen molar-refractivity contribution in [3.63, 3.8) is 0 Å². The predicted molar refractivity (Wildman–Crippen MR) is 125 cm³/mol. The molecule has 8 heteroatoms. The summed E-state index contributed by atoms with van der Waals surface area (Å²) in [5.41, 5.74) is 2.19. The molecule has 0 saturated carbocycles. The summed E-state index contributed by atoms with van der Waals surface area (Å²) in [6.07, 6.45) is -2.68. The van der Waals surface area contributed by atoms with Crippen molar-refractivity contribution in [2.45, 2.75) is 18.8 Å². The van der Waals surface area contributed by atoms with E-state index in [1.54, 1.807) is 17.0 Å². The number of nitrogens with one attached hydrogen (secondary N) is 1. The molecule has 4 aromatic rings. The zero-order valence-electron chi connectivity index (χ0n) is 17.8. The Morgan fingerprint density at radius 2 is 1.62 bits per heavy atom. The molecule has 34 heavy (non-hydrogen) atoms. The van der Waals surface area contributed by atoms with Crippen molar-refractivity contribution in [3.8, 4) is 5.69 Å². The zero-order chi connectivity index (χ0) is 23.9. The molecule has 2 heterocycles. The van der Waals surface area contributed by atoms with Gasteiger partial charge in [0.05, 0.1) is 29.5 Å². The minimum atomic E-state index is -4.60. The summed E-state index contributed by atoms with van der Waals surface area (Å²) >= 11 is 6.10. The molecule has 172 valence electrons. The maximum absolute atomic E-state index is 13.6. The molecule has 1 aromatic heterocycles. The topological polar surface area (TPSA) is 37.3 Å². The number of rotatable bonds is 2. The van der Waals surface area contributed by atoms with Crippen molar-refractivity contribution in [1.82, 2.24) is 9.47 Å². The van der Waals surface area contributed by atoms with E-state index in [0.717, 1.165) is 28.6 Å². The van der Waals surface area contributed by atoms with E-state index in [1.165, 1.54) is 18.2 Å². The van der Waals surface area contributed by atoms with Crippen LogP contribution >= 0.6 is 11.6 Å². The minimum absolute atomic E-state index is 0.200. The van der Waals surface area contributed by atoms with Crippen LogP contribution in [-0.4, -0.2) is 15.5 Å². The van der Waals surface area contributed by atoms with Gasteiger partial charge in [0.2, 0.25) is 0 Å². The van der Waals surface area contributed by atoms with Gasteiger partial charge in [-0.3, -0.25) is 0 Å². The van der Waals surface area contributed by atoms with Gasteiger partial charge in [-0.1, -0.05) is 54.1 Å². The molecule has 0 spiro atoms. The van der Waals surface area contributed by atoms with E-state index in [-0.39, 0.29) is 12.2 Å². The van der Waals surface area contributed by atoms with Crippen LogP contribution in [0.15, 0.2) is 91.1 Å². The van der Waals surface area contributed by atoms with Crippen LogP contribution < -0.4 is 5.32 Å². The Morgan fingerprint density at radius 1 is 0.912 bits per heavy atom. The molecule has 0 radical (unpaired) electrons. The molecule has 0 bridgehead atoms. The number of halogens is 4. The smallest absolute Gasteiger partial charge is 0.318 e. The Labute approximate surface area is 199 Å². The van der Waals surface area contributed by atoms with Gasteiger partial charge < -0.3 is 14.8 Å². The number of urea groups is 1. The Balaban J connectivity index is 1.62. The van der Waals surface area contributed by atoms with E-state index in [0.29, 0.717) is 5.02 Å². The van der Waals surface area contributed by atoms with Gasteiger partial charge >= 0.3 is 12.2 Å². The fourth-order valence-electron chi connectivity index (χ4n) is 4.36. The molecule has 4 nitrogen and oxygen atoms in total. The highest BCUT2D eigenvalue weighted by Gasteiger charge is 2.36. The number of carbonyl (C=O) groups is 1. The summed E-state index contributed by atoms with van der Waals surface area (Å²) in [5.74, 6) is 0. The molecule has 2 amide bonds. The third kappa shape index (κ3) is 4.03. The number of hydrogen-bond acceptors (Lipinski definition) is 1. The van der Waals surface area contributed by atoms with Gasteiger partial charge in [0, 0.05) is 16.9 Å². The molecule has 0 saturated heterocycles. The highest BCUT2D eigenvalue weighted by atomic mass is 35.5. The number of carbonyl (C=O) groups excluding carboxylic acids is 1. The van der Waals surface area contributed by atoms with Crippen LogP contribution in [0.1, 0.15) is 28.4 Å². The molecule has 5 rings (SSSR count). The van der Waals surface area contributed by atoms with Gasteiger partial charge in [-0.05, 0) is 53.6 Å². The average molecular weight is 482 g/mol. The van der Waals surface area contributed by atoms with E-state index in [2.05, 4.69) is 5.32 Å². The van der Waals surface area contributed by atoms with Crippen molar-refractivity contribution in [1.29, 1.82) is 0 Å². The van der Waals surface area contributed by atoms with Crippen molar-refractivity contribution in [3.05, 3.63) is 119 Å². The minimum Gasteiger partial charge on any atom is -0.318 e. The lowest BCUT2D eigenvalue weighted by atomic mass is 10.0. The molecule has 0 fully saturated rings. The summed E-state index contributed by atoms with van der Waals surface area (Å²) in [4.78, 5) is 15.2. The molecule has 1 aliphatic heterocycles. The number of alkyl halides is 3. The summed E-state index contributed by atoms with van der Waals surface area (Å²) in [6, 6.07) is 22.3. The summed E-state index contributed by atoms with van der Waals surface area (Å²) in [5, 5.41) is 3.06. The lowest BCUT2D eigenvalue weighted by Gasteiger charge is -2.31. The SMILES string of the molecule is O=C(Nc1ccccc1C(F)(F)F)N1Cc2ccccc2-n2cccc2[C@H]1c1ccc(Cl)cc1. The maximum Gasteiger partial charge on any atom is 0.418 e. The van der Waals surface area contributed by atoms with Gasteiger partial charge in [0.25, 0.3) is 0 Å². The summed E-state index contributed by atoms with van der Waals surface area (Å²) in [6.45, 7) is 0.200. The Kier molecular flexibility index (Phi) is 5.57. The number of anilines is 1. The second kappa shape index (κ2) is 8.57. The number of amides is 2. The normalized spacial score (nSPS) is 15.3. The Morgan fingerprint density at radius 3 is 2.38 bits per heavy atom. The van der Waals surface area contributed by atoms with E-state index in [4.69, 9.17) is 11.6 Å². The van der Waals surface area contributed by atoms with Crippen LogP contribution in [0.5, 0.6) is 0 Å². The zero-order valence-corrected chi connectivity index (χ0v) is 18.5. The van der Waals surface area contributed by atoms with Crippen LogP contribution in [-0.2, 0) is 12.7 Å². The lowest BCUT2D eigenvalue weighted by Crippen LogP contribution is -2.38. The van der Waals surface area contributed by atoms with Crippen molar-refractivity contribution >= 4 is 23.3 Å². The fourth-order valence-corrected chi connectivity index (χ4v) is 4.49. The second-order valence-electron chi connectivity index (χ2n) is 7.99. The average Bonchev–Trinajstić information content (AvgIpc) is 3.24. The van der Waals surface area contributed by atoms with Gasteiger partial charge in [-0.15, -0.1) is 0 Å². The predicted octanol–water partition coefficient (Wildman–Crippen LogP) is 7.29. The third-order valence-corrected chi connectivity index (χ3v) is 6.14. The number of hydrogen-bond donors (Lipinski definition) is 1. The monoisotopic (exact) mass is 481 g/mol. The fraction of sp³-hybridized carbons (Fsp3) is 0.115.